The highest BCUT2D eigenvalue weighted by atomic mass is 19.1. The Kier molecular flexibility index (Phi) is 4.17. The third-order valence-corrected chi connectivity index (χ3v) is 2.23. The van der Waals surface area contributed by atoms with Crippen molar-refractivity contribution in [1.82, 2.24) is 0 Å². The van der Waals surface area contributed by atoms with Crippen molar-refractivity contribution >= 4 is 11.6 Å². The van der Waals surface area contributed by atoms with E-state index in [9.17, 15) is 14.0 Å². The first-order chi connectivity index (χ1) is 7.61. The fourth-order valence-corrected chi connectivity index (χ4v) is 1.31. The molecule has 0 saturated carbocycles. The molecule has 1 aromatic carbocycles. The molecule has 0 aliphatic carbocycles. The van der Waals surface area contributed by atoms with Gasteiger partial charge in [-0.1, -0.05) is 19.1 Å². The molecule has 0 aromatic heterocycles. The number of methoxy groups -OCH3 is 1. The van der Waals surface area contributed by atoms with Gasteiger partial charge in [-0.2, -0.15) is 0 Å². The van der Waals surface area contributed by atoms with Crippen molar-refractivity contribution < 1.29 is 18.7 Å². The van der Waals surface area contributed by atoms with E-state index in [4.69, 9.17) is 4.74 Å². The number of ether oxygens (including phenoxy) is 1. The van der Waals surface area contributed by atoms with Gasteiger partial charge in [0.05, 0.1) is 12.7 Å². The Morgan fingerprint density at radius 3 is 2.56 bits per heavy atom. The second kappa shape index (κ2) is 5.39. The van der Waals surface area contributed by atoms with Crippen molar-refractivity contribution in [2.45, 2.75) is 19.5 Å². The number of benzene rings is 1. The van der Waals surface area contributed by atoms with E-state index in [1.807, 2.05) is 0 Å². The second-order valence-electron chi connectivity index (χ2n) is 3.25. The minimum Gasteiger partial charge on any atom is -0.496 e. The van der Waals surface area contributed by atoms with Crippen molar-refractivity contribution in [3.05, 3.63) is 29.8 Å². The van der Waals surface area contributed by atoms with Gasteiger partial charge in [0, 0.05) is 6.42 Å². The lowest BCUT2D eigenvalue weighted by Gasteiger charge is -2.09. The molecule has 0 aliphatic rings. The van der Waals surface area contributed by atoms with Crippen molar-refractivity contribution in [1.29, 1.82) is 0 Å². The van der Waals surface area contributed by atoms with E-state index in [0.717, 1.165) is 0 Å². The maximum Gasteiger partial charge on any atom is 0.220 e. The predicted octanol–water partition coefficient (Wildman–Crippen LogP) is 2.20. The Balaban J connectivity index is 3.00. The summed E-state index contributed by atoms with van der Waals surface area (Å²) in [6.07, 6.45) is -2.09. The van der Waals surface area contributed by atoms with Gasteiger partial charge >= 0.3 is 0 Å². The molecule has 3 nitrogen and oxygen atoms in total. The molecule has 1 unspecified atom stereocenters. The molecule has 0 saturated heterocycles. The van der Waals surface area contributed by atoms with Gasteiger partial charge in [0.25, 0.3) is 0 Å². The topological polar surface area (TPSA) is 43.4 Å². The number of alkyl halides is 1. The zero-order chi connectivity index (χ0) is 12.1. The Morgan fingerprint density at radius 2 is 2.00 bits per heavy atom. The van der Waals surface area contributed by atoms with Crippen LogP contribution in [0.5, 0.6) is 5.75 Å². The number of hydrogen-bond acceptors (Lipinski definition) is 3. The van der Waals surface area contributed by atoms with Crippen molar-refractivity contribution in [3.63, 3.8) is 0 Å². The first-order valence-electron chi connectivity index (χ1n) is 4.95. The van der Waals surface area contributed by atoms with Crippen LogP contribution in [-0.2, 0) is 4.79 Å². The van der Waals surface area contributed by atoms with Gasteiger partial charge in [-0.05, 0) is 12.1 Å². The lowest BCUT2D eigenvalue weighted by Crippen LogP contribution is -2.25. The number of hydrogen-bond donors (Lipinski definition) is 0. The van der Waals surface area contributed by atoms with Gasteiger partial charge in [0.15, 0.2) is 5.78 Å². The first kappa shape index (κ1) is 12.4. The SMILES string of the molecule is CCC(=O)C(F)C(=O)c1ccccc1OC. The van der Waals surface area contributed by atoms with Crippen LogP contribution < -0.4 is 4.74 Å². The Hall–Kier alpha value is -1.71. The van der Waals surface area contributed by atoms with E-state index in [2.05, 4.69) is 0 Å². The van der Waals surface area contributed by atoms with E-state index in [1.165, 1.54) is 20.1 Å². The number of Topliss-reactive ketones (excluding diaryl/α,β-unsaturated/α-hetero) is 2. The number of para-hydroxylation sites is 1. The van der Waals surface area contributed by atoms with Crippen LogP contribution in [0.3, 0.4) is 0 Å². The Morgan fingerprint density at radius 1 is 1.38 bits per heavy atom. The Bertz CT molecular complexity index is 401. The van der Waals surface area contributed by atoms with E-state index < -0.39 is 17.7 Å². The van der Waals surface area contributed by atoms with Crippen LogP contribution in [0.2, 0.25) is 0 Å². The van der Waals surface area contributed by atoms with E-state index in [0.29, 0.717) is 0 Å². The molecule has 0 amide bonds. The van der Waals surface area contributed by atoms with Crippen molar-refractivity contribution in [2.24, 2.45) is 0 Å². The molecule has 0 heterocycles. The first-order valence-corrected chi connectivity index (χ1v) is 4.95. The molecule has 16 heavy (non-hydrogen) atoms. The summed E-state index contributed by atoms with van der Waals surface area (Å²) in [4.78, 5) is 22.7. The zero-order valence-corrected chi connectivity index (χ0v) is 9.20. The lowest BCUT2D eigenvalue weighted by molar-refractivity contribution is -0.121. The summed E-state index contributed by atoms with van der Waals surface area (Å²) >= 11 is 0. The quantitative estimate of drug-likeness (QED) is 0.568. The summed E-state index contributed by atoms with van der Waals surface area (Å²) in [6, 6.07) is 6.26. The van der Waals surface area contributed by atoms with Gasteiger partial charge in [-0.3, -0.25) is 9.59 Å². The molecular formula is C12H13FO3. The van der Waals surface area contributed by atoms with Gasteiger partial charge < -0.3 is 4.74 Å². The van der Waals surface area contributed by atoms with Crippen LogP contribution in [-0.4, -0.2) is 24.8 Å². The second-order valence-corrected chi connectivity index (χ2v) is 3.25. The molecular weight excluding hydrogens is 211 g/mol. The van der Waals surface area contributed by atoms with Crippen LogP contribution in [0.4, 0.5) is 4.39 Å². The number of carbonyl (C=O) groups is 2. The fraction of sp³-hybridized carbons (Fsp3) is 0.333. The molecule has 1 atom stereocenters. The van der Waals surface area contributed by atoms with Crippen LogP contribution in [0, 0.1) is 0 Å². The highest BCUT2D eigenvalue weighted by Gasteiger charge is 2.27. The van der Waals surface area contributed by atoms with E-state index in [1.54, 1.807) is 18.2 Å². The van der Waals surface area contributed by atoms with Gasteiger partial charge in [-0.15, -0.1) is 0 Å². The van der Waals surface area contributed by atoms with Crippen LogP contribution in [0.1, 0.15) is 23.7 Å². The monoisotopic (exact) mass is 224 g/mol. The maximum atomic E-state index is 13.4. The smallest absolute Gasteiger partial charge is 0.220 e. The highest BCUT2D eigenvalue weighted by molar-refractivity contribution is 6.14. The van der Waals surface area contributed by atoms with Crippen molar-refractivity contribution in [2.75, 3.05) is 7.11 Å². The summed E-state index contributed by atoms with van der Waals surface area (Å²) < 4.78 is 18.4. The molecule has 0 N–H and O–H groups in total. The van der Waals surface area contributed by atoms with Crippen LogP contribution in [0.15, 0.2) is 24.3 Å². The van der Waals surface area contributed by atoms with Gasteiger partial charge in [0.2, 0.25) is 12.0 Å². The van der Waals surface area contributed by atoms with E-state index in [-0.39, 0.29) is 17.7 Å². The van der Waals surface area contributed by atoms with Gasteiger partial charge in [0.1, 0.15) is 5.75 Å². The summed E-state index contributed by atoms with van der Waals surface area (Å²) in [5, 5.41) is 0. The van der Waals surface area contributed by atoms with Gasteiger partial charge in [-0.25, -0.2) is 4.39 Å². The normalized spacial score (nSPS) is 11.9. The van der Waals surface area contributed by atoms with E-state index >= 15 is 0 Å². The number of rotatable bonds is 5. The molecule has 86 valence electrons. The van der Waals surface area contributed by atoms with Crippen LogP contribution in [0.25, 0.3) is 0 Å². The standard InChI is InChI=1S/C12H13FO3/c1-3-9(14)11(13)12(15)8-6-4-5-7-10(8)16-2/h4-7,11H,3H2,1-2H3. The third kappa shape index (κ3) is 2.45. The molecule has 0 fully saturated rings. The molecule has 0 spiro atoms. The number of halogens is 1. The minimum atomic E-state index is -2.10. The molecule has 0 aliphatic heterocycles. The third-order valence-electron chi connectivity index (χ3n) is 2.23. The average Bonchev–Trinajstić information content (AvgIpc) is 2.35. The van der Waals surface area contributed by atoms with Crippen LogP contribution >= 0.6 is 0 Å². The fourth-order valence-electron chi connectivity index (χ4n) is 1.31. The molecule has 1 aromatic rings. The summed E-state index contributed by atoms with van der Waals surface area (Å²) in [6.45, 7) is 1.52. The zero-order valence-electron chi connectivity index (χ0n) is 9.20. The average molecular weight is 224 g/mol. The number of carbonyl (C=O) groups excluding carboxylic acids is 2. The summed E-state index contributed by atoms with van der Waals surface area (Å²) in [5.41, 5.74) is 0.0966. The largest absolute Gasteiger partial charge is 0.496 e. The minimum absolute atomic E-state index is 0.00204. The predicted molar refractivity (Wildman–Crippen MR) is 57.5 cm³/mol. The van der Waals surface area contributed by atoms with Crippen molar-refractivity contribution in [3.8, 4) is 5.75 Å². The molecule has 4 heteroatoms. The molecule has 0 bridgehead atoms. The number of ketones is 2. The molecule has 1 rings (SSSR count). The highest BCUT2D eigenvalue weighted by Crippen LogP contribution is 2.20. The summed E-state index contributed by atoms with van der Waals surface area (Å²) in [5.74, 6) is -1.28. The molecule has 0 radical (unpaired) electrons. The maximum absolute atomic E-state index is 13.4. The Labute approximate surface area is 93.2 Å². The lowest BCUT2D eigenvalue weighted by atomic mass is 10.0. The summed E-state index contributed by atoms with van der Waals surface area (Å²) in [7, 11) is 1.39.